The van der Waals surface area contributed by atoms with E-state index in [2.05, 4.69) is 6.58 Å². The Morgan fingerprint density at radius 3 is 2.34 bits per heavy atom. The number of benzene rings is 2. The summed E-state index contributed by atoms with van der Waals surface area (Å²) in [6.07, 6.45) is -3.64. The zero-order valence-corrected chi connectivity index (χ0v) is 20.0. The minimum Gasteiger partial charge on any atom is -0.462 e. The average molecular weight is 470 g/mol. The van der Waals surface area contributed by atoms with E-state index in [0.717, 1.165) is 23.8 Å². The minimum absolute atomic E-state index is 0.251. The highest BCUT2D eigenvalue weighted by Crippen LogP contribution is 2.33. The van der Waals surface area contributed by atoms with Crippen molar-refractivity contribution in [2.75, 3.05) is 13.1 Å². The molecule has 0 aromatic heterocycles. The number of carbonyl (C=O) groups excluding carboxylic acids is 1. The molecule has 1 unspecified atom stereocenters. The number of ether oxygens (including phenoxy) is 1. The summed E-state index contributed by atoms with van der Waals surface area (Å²) in [5, 5.41) is 0.678. The molecule has 1 fully saturated rings. The van der Waals surface area contributed by atoms with Gasteiger partial charge in [0.1, 0.15) is 5.75 Å². The molecule has 1 aliphatic heterocycles. The number of alkyl halides is 3. The summed E-state index contributed by atoms with van der Waals surface area (Å²) >= 11 is 5.79. The topological polar surface area (TPSA) is 29.5 Å². The smallest absolute Gasteiger partial charge is 0.417 e. The van der Waals surface area contributed by atoms with Crippen LogP contribution in [0.4, 0.5) is 13.2 Å². The fourth-order valence-corrected chi connectivity index (χ4v) is 3.24. The Balaban J connectivity index is 0.000000318. The quantitative estimate of drug-likeness (QED) is 0.429. The van der Waals surface area contributed by atoms with Crippen LogP contribution in [-0.2, 0) is 6.18 Å². The lowest BCUT2D eigenvalue weighted by Crippen LogP contribution is -2.30. The third-order valence-electron chi connectivity index (χ3n) is 4.61. The van der Waals surface area contributed by atoms with Crippen LogP contribution in [0.5, 0.6) is 5.75 Å². The van der Waals surface area contributed by atoms with Gasteiger partial charge in [-0.1, -0.05) is 57.2 Å². The van der Waals surface area contributed by atoms with Gasteiger partial charge in [-0.05, 0) is 56.0 Å². The van der Waals surface area contributed by atoms with Crippen molar-refractivity contribution in [3.63, 3.8) is 0 Å². The summed E-state index contributed by atoms with van der Waals surface area (Å²) in [4.78, 5) is 13.6. The second kappa shape index (κ2) is 12.5. The number of hydrogen-bond donors (Lipinski definition) is 0. The molecule has 0 N–H and O–H groups in total. The first-order valence-electron chi connectivity index (χ1n) is 10.5. The van der Waals surface area contributed by atoms with Gasteiger partial charge < -0.3 is 9.64 Å². The van der Waals surface area contributed by atoms with Crippen LogP contribution in [0.1, 0.15) is 55.6 Å². The first kappa shape index (κ1) is 27.6. The molecule has 0 radical (unpaired) electrons. The third-order valence-corrected chi connectivity index (χ3v) is 4.84. The van der Waals surface area contributed by atoms with E-state index < -0.39 is 17.6 Å². The lowest BCUT2D eigenvalue weighted by Gasteiger charge is -2.19. The van der Waals surface area contributed by atoms with Gasteiger partial charge in [-0.2, -0.15) is 13.2 Å². The summed E-state index contributed by atoms with van der Waals surface area (Å²) in [7, 11) is 0. The number of likely N-dealkylation sites (tertiary alicyclic amines) is 1. The highest BCUT2D eigenvalue weighted by Gasteiger charge is 2.36. The average Bonchev–Trinajstić information content (AvgIpc) is 3.17. The highest BCUT2D eigenvalue weighted by atomic mass is 35.5. The Bertz CT molecular complexity index is 912. The fourth-order valence-electron chi connectivity index (χ4n) is 3.08. The minimum atomic E-state index is -4.49. The van der Waals surface area contributed by atoms with Crippen LogP contribution in [-0.4, -0.2) is 23.9 Å². The summed E-state index contributed by atoms with van der Waals surface area (Å²) < 4.78 is 43.8. The first-order valence-corrected chi connectivity index (χ1v) is 10.9. The standard InChI is InChI=1S/C13H14F3NO.C10H11ClO.C2H6/c1-9-6-7-17(8-9)12(18)10-4-2-3-5-11(10)13(14,15)16;1-7(2)12-10-6-9(11)5-4-8(10)3;1-2/h2-5,9H,6-8H2,1H3;4-6H,1H2,2-3H3;1-2H3. The Morgan fingerprint density at radius 2 is 1.81 bits per heavy atom. The van der Waals surface area contributed by atoms with Gasteiger partial charge in [0.25, 0.3) is 5.91 Å². The van der Waals surface area contributed by atoms with Crippen molar-refractivity contribution in [3.05, 3.63) is 76.5 Å². The van der Waals surface area contributed by atoms with Gasteiger partial charge in [0.15, 0.2) is 0 Å². The van der Waals surface area contributed by atoms with Crippen molar-refractivity contribution in [2.45, 2.75) is 47.2 Å². The normalized spacial score (nSPS) is 15.2. The third kappa shape index (κ3) is 8.23. The highest BCUT2D eigenvalue weighted by molar-refractivity contribution is 6.30. The van der Waals surface area contributed by atoms with Gasteiger partial charge in [-0.15, -0.1) is 0 Å². The lowest BCUT2D eigenvalue weighted by molar-refractivity contribution is -0.138. The second-order valence-corrected chi connectivity index (χ2v) is 7.84. The molecule has 0 spiro atoms. The van der Waals surface area contributed by atoms with Crippen molar-refractivity contribution in [2.24, 2.45) is 5.92 Å². The molecular formula is C25H31ClF3NO2. The Morgan fingerprint density at radius 1 is 1.19 bits per heavy atom. The molecule has 32 heavy (non-hydrogen) atoms. The van der Waals surface area contributed by atoms with Crippen molar-refractivity contribution in [1.29, 1.82) is 0 Å². The maximum absolute atomic E-state index is 12.8. The predicted octanol–water partition coefficient (Wildman–Crippen LogP) is 7.77. The van der Waals surface area contributed by atoms with Crippen molar-refractivity contribution < 1.29 is 22.7 Å². The zero-order valence-electron chi connectivity index (χ0n) is 19.2. The van der Waals surface area contributed by atoms with Gasteiger partial charge in [-0.3, -0.25) is 4.79 Å². The van der Waals surface area contributed by atoms with E-state index in [1.54, 1.807) is 13.0 Å². The number of halogens is 4. The van der Waals surface area contributed by atoms with E-state index in [1.807, 2.05) is 39.8 Å². The van der Waals surface area contributed by atoms with Crippen molar-refractivity contribution >= 4 is 17.5 Å². The molecule has 0 saturated carbocycles. The fraction of sp³-hybridized carbons (Fsp3) is 0.400. The molecule has 1 amide bonds. The van der Waals surface area contributed by atoms with Crippen LogP contribution in [0.25, 0.3) is 0 Å². The summed E-state index contributed by atoms with van der Waals surface area (Å²) in [6.45, 7) is 14.5. The molecule has 7 heteroatoms. The Labute approximate surface area is 193 Å². The molecule has 3 rings (SSSR count). The molecule has 0 bridgehead atoms. The predicted molar refractivity (Wildman–Crippen MR) is 124 cm³/mol. The number of nitrogens with zero attached hydrogens (tertiary/aromatic N) is 1. The number of carbonyl (C=O) groups is 1. The van der Waals surface area contributed by atoms with Gasteiger partial charge in [0.2, 0.25) is 0 Å². The maximum atomic E-state index is 12.8. The second-order valence-electron chi connectivity index (χ2n) is 7.40. The maximum Gasteiger partial charge on any atom is 0.417 e. The Hall–Kier alpha value is -2.47. The molecule has 2 aromatic carbocycles. The summed E-state index contributed by atoms with van der Waals surface area (Å²) in [6, 6.07) is 10.5. The van der Waals surface area contributed by atoms with Gasteiger partial charge in [0, 0.05) is 18.1 Å². The van der Waals surface area contributed by atoms with Crippen LogP contribution in [0.15, 0.2) is 54.8 Å². The van der Waals surface area contributed by atoms with E-state index in [4.69, 9.17) is 16.3 Å². The van der Waals surface area contributed by atoms with E-state index in [9.17, 15) is 18.0 Å². The molecule has 2 aromatic rings. The van der Waals surface area contributed by atoms with Crippen LogP contribution in [0.2, 0.25) is 5.02 Å². The van der Waals surface area contributed by atoms with Crippen LogP contribution < -0.4 is 4.74 Å². The first-order chi connectivity index (χ1) is 15.0. The van der Waals surface area contributed by atoms with E-state index in [0.29, 0.717) is 29.8 Å². The number of rotatable bonds is 3. The summed E-state index contributed by atoms with van der Waals surface area (Å²) in [5.74, 6) is 1.27. The molecule has 1 heterocycles. The van der Waals surface area contributed by atoms with Crippen LogP contribution in [0.3, 0.4) is 0 Å². The molecule has 176 valence electrons. The van der Waals surface area contributed by atoms with E-state index in [1.165, 1.54) is 23.1 Å². The van der Waals surface area contributed by atoms with E-state index in [-0.39, 0.29) is 5.56 Å². The van der Waals surface area contributed by atoms with E-state index >= 15 is 0 Å². The molecule has 1 saturated heterocycles. The van der Waals surface area contributed by atoms with Gasteiger partial charge in [-0.25, -0.2) is 0 Å². The lowest BCUT2D eigenvalue weighted by atomic mass is 10.1. The molecular weight excluding hydrogens is 439 g/mol. The van der Waals surface area contributed by atoms with Crippen LogP contribution in [0, 0.1) is 12.8 Å². The molecule has 0 aliphatic carbocycles. The van der Waals surface area contributed by atoms with Crippen LogP contribution >= 0.6 is 11.6 Å². The van der Waals surface area contributed by atoms with Gasteiger partial charge >= 0.3 is 6.18 Å². The zero-order chi connectivity index (χ0) is 24.5. The Kier molecular flexibility index (Phi) is 10.8. The van der Waals surface area contributed by atoms with Crippen molar-refractivity contribution in [1.82, 2.24) is 4.90 Å². The molecule has 3 nitrogen and oxygen atoms in total. The van der Waals surface area contributed by atoms with Crippen molar-refractivity contribution in [3.8, 4) is 5.75 Å². The molecule has 1 aliphatic rings. The monoisotopic (exact) mass is 469 g/mol. The largest absolute Gasteiger partial charge is 0.462 e. The number of amides is 1. The number of hydrogen-bond acceptors (Lipinski definition) is 2. The van der Waals surface area contributed by atoms with Gasteiger partial charge in [0.05, 0.1) is 16.9 Å². The molecule has 1 atom stereocenters. The number of aryl methyl sites for hydroxylation is 1. The SMILES string of the molecule is C=C(C)Oc1cc(Cl)ccc1C.CC.CC1CCN(C(=O)c2ccccc2C(F)(F)F)C1. The number of allylic oxidation sites excluding steroid dienone is 1. The summed E-state index contributed by atoms with van der Waals surface area (Å²) in [5.41, 5.74) is -0.0453.